The van der Waals surface area contributed by atoms with Crippen molar-refractivity contribution in [2.45, 2.75) is 26.3 Å². The van der Waals surface area contributed by atoms with E-state index in [0.29, 0.717) is 17.9 Å². The van der Waals surface area contributed by atoms with Crippen LogP contribution in [-0.4, -0.2) is 18.1 Å². The van der Waals surface area contributed by atoms with Crippen LogP contribution in [0.1, 0.15) is 24.5 Å². The van der Waals surface area contributed by atoms with Gasteiger partial charge in [-0.2, -0.15) is 0 Å². The quantitative estimate of drug-likeness (QED) is 0.853. The van der Waals surface area contributed by atoms with Crippen molar-refractivity contribution in [1.29, 1.82) is 0 Å². The summed E-state index contributed by atoms with van der Waals surface area (Å²) in [5, 5.41) is 3.24. The third-order valence-electron chi connectivity index (χ3n) is 3.84. The molecule has 3 rings (SSSR count). The van der Waals surface area contributed by atoms with Gasteiger partial charge in [-0.05, 0) is 37.1 Å². The molecule has 0 fully saturated rings. The first kappa shape index (κ1) is 14.0. The van der Waals surface area contributed by atoms with Gasteiger partial charge < -0.3 is 10.2 Å². The lowest BCUT2D eigenvalue weighted by atomic mass is 10.2. The van der Waals surface area contributed by atoms with Crippen LogP contribution in [0.15, 0.2) is 36.5 Å². The van der Waals surface area contributed by atoms with E-state index >= 15 is 0 Å². The summed E-state index contributed by atoms with van der Waals surface area (Å²) in [5.74, 6) is 0.230. The Balaban J connectivity index is 1.88. The number of halogens is 1. The number of pyridine rings is 1. The molecular formula is C17H20FN3. The standard InChI is InChI=1S/C17H20FN3/c1-2-9-19-12-14-7-10-20-17(16(14)18)21-11-8-13-5-3-4-6-15(13)21/h3-7,10,19H,2,8-9,11-12H2,1H3. The van der Waals surface area contributed by atoms with Crippen molar-refractivity contribution in [3.05, 3.63) is 53.5 Å². The van der Waals surface area contributed by atoms with E-state index in [2.05, 4.69) is 23.3 Å². The van der Waals surface area contributed by atoms with Crippen LogP contribution in [0.3, 0.4) is 0 Å². The number of hydrogen-bond acceptors (Lipinski definition) is 3. The van der Waals surface area contributed by atoms with Gasteiger partial charge in [0, 0.05) is 30.5 Å². The average molecular weight is 285 g/mol. The predicted octanol–water partition coefficient (Wildman–Crippen LogP) is 3.41. The van der Waals surface area contributed by atoms with Crippen molar-refractivity contribution < 1.29 is 4.39 Å². The number of rotatable bonds is 5. The molecule has 4 heteroatoms. The molecule has 0 unspecified atom stereocenters. The lowest BCUT2D eigenvalue weighted by molar-refractivity contribution is 0.580. The molecule has 0 bridgehead atoms. The number of para-hydroxylation sites is 1. The van der Waals surface area contributed by atoms with E-state index in [9.17, 15) is 4.39 Å². The first-order valence-corrected chi connectivity index (χ1v) is 7.50. The highest BCUT2D eigenvalue weighted by Crippen LogP contribution is 2.34. The number of fused-ring (bicyclic) bond motifs is 1. The molecule has 0 saturated carbocycles. The summed E-state index contributed by atoms with van der Waals surface area (Å²) in [7, 11) is 0. The second kappa shape index (κ2) is 6.22. The molecular weight excluding hydrogens is 265 g/mol. The van der Waals surface area contributed by atoms with E-state index in [0.717, 1.165) is 31.6 Å². The third-order valence-corrected chi connectivity index (χ3v) is 3.84. The topological polar surface area (TPSA) is 28.2 Å². The van der Waals surface area contributed by atoms with Crippen molar-refractivity contribution in [2.75, 3.05) is 18.0 Å². The molecule has 0 aliphatic carbocycles. The number of benzene rings is 1. The van der Waals surface area contributed by atoms with E-state index in [1.54, 1.807) is 12.3 Å². The smallest absolute Gasteiger partial charge is 0.170 e. The Kier molecular flexibility index (Phi) is 4.15. The third kappa shape index (κ3) is 2.76. The van der Waals surface area contributed by atoms with E-state index in [1.165, 1.54) is 5.56 Å². The number of anilines is 2. The maximum absolute atomic E-state index is 14.7. The fourth-order valence-electron chi connectivity index (χ4n) is 2.75. The lowest BCUT2D eigenvalue weighted by Crippen LogP contribution is -2.19. The summed E-state index contributed by atoms with van der Waals surface area (Å²) in [6.45, 7) is 4.33. The minimum atomic E-state index is -0.210. The molecule has 3 nitrogen and oxygen atoms in total. The Morgan fingerprint density at radius 2 is 2.14 bits per heavy atom. The summed E-state index contributed by atoms with van der Waals surface area (Å²) in [6.07, 6.45) is 3.68. The number of nitrogens with one attached hydrogen (secondary N) is 1. The van der Waals surface area contributed by atoms with Gasteiger partial charge in [0.2, 0.25) is 0 Å². The van der Waals surface area contributed by atoms with Crippen LogP contribution in [0, 0.1) is 5.82 Å². The van der Waals surface area contributed by atoms with Gasteiger partial charge in [-0.3, -0.25) is 0 Å². The Labute approximate surface area is 124 Å². The molecule has 1 N–H and O–H groups in total. The molecule has 0 atom stereocenters. The van der Waals surface area contributed by atoms with Gasteiger partial charge in [-0.25, -0.2) is 9.37 Å². The van der Waals surface area contributed by atoms with Crippen LogP contribution in [-0.2, 0) is 13.0 Å². The minimum Gasteiger partial charge on any atom is -0.323 e. The zero-order valence-electron chi connectivity index (χ0n) is 12.3. The van der Waals surface area contributed by atoms with Crippen molar-refractivity contribution in [3.8, 4) is 0 Å². The Morgan fingerprint density at radius 3 is 3.00 bits per heavy atom. The van der Waals surface area contributed by atoms with Crippen molar-refractivity contribution in [3.63, 3.8) is 0 Å². The Morgan fingerprint density at radius 1 is 1.29 bits per heavy atom. The molecule has 2 aromatic rings. The molecule has 21 heavy (non-hydrogen) atoms. The molecule has 0 radical (unpaired) electrons. The molecule has 110 valence electrons. The minimum absolute atomic E-state index is 0.210. The summed E-state index contributed by atoms with van der Waals surface area (Å²) in [5.41, 5.74) is 3.01. The van der Waals surface area contributed by atoms with Crippen LogP contribution < -0.4 is 10.2 Å². The number of aromatic nitrogens is 1. The van der Waals surface area contributed by atoms with Crippen molar-refractivity contribution >= 4 is 11.5 Å². The predicted molar refractivity (Wildman–Crippen MR) is 83.3 cm³/mol. The van der Waals surface area contributed by atoms with Crippen molar-refractivity contribution in [1.82, 2.24) is 10.3 Å². The van der Waals surface area contributed by atoms with E-state index in [-0.39, 0.29) is 5.82 Å². The van der Waals surface area contributed by atoms with Crippen molar-refractivity contribution in [2.24, 2.45) is 0 Å². The molecule has 2 heterocycles. The number of nitrogens with zero attached hydrogens (tertiary/aromatic N) is 2. The monoisotopic (exact) mass is 285 g/mol. The number of hydrogen-bond donors (Lipinski definition) is 1. The first-order valence-electron chi connectivity index (χ1n) is 7.50. The van der Waals surface area contributed by atoms with Crippen LogP contribution in [0.5, 0.6) is 0 Å². The highest BCUT2D eigenvalue weighted by atomic mass is 19.1. The molecule has 1 aromatic carbocycles. The second-order valence-electron chi connectivity index (χ2n) is 5.31. The lowest BCUT2D eigenvalue weighted by Gasteiger charge is -2.20. The van der Waals surface area contributed by atoms with Gasteiger partial charge in [0.15, 0.2) is 11.6 Å². The molecule has 0 saturated heterocycles. The first-order chi connectivity index (χ1) is 10.3. The van der Waals surface area contributed by atoms with E-state index in [1.807, 2.05) is 23.1 Å². The molecule has 1 aliphatic rings. The zero-order chi connectivity index (χ0) is 14.7. The Bertz CT molecular complexity index is 627. The van der Waals surface area contributed by atoms with Crippen LogP contribution in [0.25, 0.3) is 0 Å². The summed E-state index contributed by atoms with van der Waals surface area (Å²) in [6, 6.07) is 9.90. The van der Waals surface area contributed by atoms with Gasteiger partial charge in [-0.15, -0.1) is 0 Å². The van der Waals surface area contributed by atoms with Gasteiger partial charge in [0.05, 0.1) is 0 Å². The summed E-state index contributed by atoms with van der Waals surface area (Å²) >= 11 is 0. The maximum Gasteiger partial charge on any atom is 0.170 e. The van der Waals surface area contributed by atoms with Gasteiger partial charge >= 0.3 is 0 Å². The van der Waals surface area contributed by atoms with Gasteiger partial charge in [0.25, 0.3) is 0 Å². The Hall–Kier alpha value is -1.94. The SMILES string of the molecule is CCCNCc1ccnc(N2CCc3ccccc32)c1F. The fraction of sp³-hybridized carbons (Fsp3) is 0.353. The second-order valence-corrected chi connectivity index (χ2v) is 5.31. The molecule has 1 aliphatic heterocycles. The van der Waals surface area contributed by atoms with Crippen LogP contribution in [0.4, 0.5) is 15.9 Å². The molecule has 1 aromatic heterocycles. The van der Waals surface area contributed by atoms with E-state index in [4.69, 9.17) is 0 Å². The van der Waals surface area contributed by atoms with E-state index < -0.39 is 0 Å². The highest BCUT2D eigenvalue weighted by molar-refractivity contribution is 5.68. The largest absolute Gasteiger partial charge is 0.323 e. The molecule has 0 spiro atoms. The van der Waals surface area contributed by atoms with Crippen LogP contribution in [0.2, 0.25) is 0 Å². The normalized spacial score (nSPS) is 13.5. The summed E-state index contributed by atoms with van der Waals surface area (Å²) < 4.78 is 14.7. The zero-order valence-corrected chi connectivity index (χ0v) is 12.3. The highest BCUT2D eigenvalue weighted by Gasteiger charge is 2.24. The summed E-state index contributed by atoms with van der Waals surface area (Å²) in [4.78, 5) is 6.25. The fourth-order valence-corrected chi connectivity index (χ4v) is 2.75. The van der Waals surface area contributed by atoms with Crippen LogP contribution >= 0.6 is 0 Å². The molecule has 0 amide bonds. The van der Waals surface area contributed by atoms with Gasteiger partial charge in [0.1, 0.15) is 0 Å². The maximum atomic E-state index is 14.7. The average Bonchev–Trinajstić information content (AvgIpc) is 2.93. The van der Waals surface area contributed by atoms with Gasteiger partial charge in [-0.1, -0.05) is 25.1 Å².